The van der Waals surface area contributed by atoms with Gasteiger partial charge in [0, 0.05) is 11.1 Å². The highest BCUT2D eigenvalue weighted by Crippen LogP contribution is 2.28. The lowest BCUT2D eigenvalue weighted by Gasteiger charge is -2.03. The number of benzene rings is 2. The standard InChI is InChI=1S/C19H13F2N3O3S/c20-18(21)25-14-8-6-13(7-9-14)17-23-24-19(27-17)28-11-16-22-10-15(26-16)12-4-2-1-3-5-12/h1-10,18H,11H2. The van der Waals surface area contributed by atoms with Crippen LogP contribution in [0.2, 0.25) is 0 Å². The molecule has 6 nitrogen and oxygen atoms in total. The summed E-state index contributed by atoms with van der Waals surface area (Å²) in [6, 6.07) is 15.6. The zero-order valence-corrected chi connectivity index (χ0v) is 15.1. The van der Waals surface area contributed by atoms with Crippen molar-refractivity contribution >= 4 is 11.8 Å². The second kappa shape index (κ2) is 8.22. The number of halogens is 2. The van der Waals surface area contributed by atoms with Crippen molar-refractivity contribution in [1.29, 1.82) is 0 Å². The second-order valence-corrected chi connectivity index (χ2v) is 6.48. The van der Waals surface area contributed by atoms with Crippen LogP contribution in [0.3, 0.4) is 0 Å². The first-order chi connectivity index (χ1) is 13.7. The van der Waals surface area contributed by atoms with Gasteiger partial charge in [-0.05, 0) is 24.3 Å². The van der Waals surface area contributed by atoms with Crippen molar-refractivity contribution in [2.24, 2.45) is 0 Å². The number of rotatable bonds is 7. The molecule has 0 fully saturated rings. The van der Waals surface area contributed by atoms with Crippen LogP contribution in [-0.2, 0) is 5.75 Å². The molecule has 0 aliphatic carbocycles. The highest BCUT2D eigenvalue weighted by Gasteiger charge is 2.12. The summed E-state index contributed by atoms with van der Waals surface area (Å²) >= 11 is 1.29. The number of oxazole rings is 1. The summed E-state index contributed by atoms with van der Waals surface area (Å²) in [7, 11) is 0. The molecule has 0 aliphatic rings. The minimum Gasteiger partial charge on any atom is -0.440 e. The van der Waals surface area contributed by atoms with Crippen LogP contribution in [-0.4, -0.2) is 21.8 Å². The molecular formula is C19H13F2N3O3S. The summed E-state index contributed by atoms with van der Waals surface area (Å²) in [6.45, 7) is -2.87. The quantitative estimate of drug-likeness (QED) is 0.390. The zero-order chi connectivity index (χ0) is 19.3. The number of thioether (sulfide) groups is 1. The Morgan fingerprint density at radius 2 is 1.71 bits per heavy atom. The third-order valence-corrected chi connectivity index (χ3v) is 4.47. The maximum atomic E-state index is 12.2. The van der Waals surface area contributed by atoms with Gasteiger partial charge in [0.25, 0.3) is 5.22 Å². The Kier molecular flexibility index (Phi) is 5.34. The van der Waals surface area contributed by atoms with Crippen LogP contribution in [0.25, 0.3) is 22.8 Å². The van der Waals surface area contributed by atoms with E-state index in [4.69, 9.17) is 8.83 Å². The molecule has 2 heterocycles. The Bertz CT molecular complexity index is 1040. The third kappa shape index (κ3) is 4.37. The van der Waals surface area contributed by atoms with Crippen LogP contribution < -0.4 is 4.74 Å². The number of ether oxygens (including phenoxy) is 1. The predicted octanol–water partition coefficient (Wildman–Crippen LogP) is 5.29. The molecule has 2 aromatic heterocycles. The monoisotopic (exact) mass is 401 g/mol. The van der Waals surface area contributed by atoms with Crippen molar-refractivity contribution in [3.63, 3.8) is 0 Å². The average Bonchev–Trinajstić information content (AvgIpc) is 3.37. The fraction of sp³-hybridized carbons (Fsp3) is 0.105. The molecule has 0 unspecified atom stereocenters. The number of hydrogen-bond donors (Lipinski definition) is 0. The molecule has 142 valence electrons. The van der Waals surface area contributed by atoms with Gasteiger partial charge in [-0.15, -0.1) is 10.2 Å². The van der Waals surface area contributed by atoms with E-state index in [2.05, 4.69) is 19.9 Å². The molecule has 28 heavy (non-hydrogen) atoms. The van der Waals surface area contributed by atoms with E-state index in [9.17, 15) is 8.78 Å². The summed E-state index contributed by atoms with van der Waals surface area (Å²) in [5.74, 6) is 2.00. The van der Waals surface area contributed by atoms with Crippen molar-refractivity contribution < 1.29 is 22.4 Å². The third-order valence-electron chi connectivity index (χ3n) is 3.66. The van der Waals surface area contributed by atoms with E-state index in [1.165, 1.54) is 23.9 Å². The molecule has 0 N–H and O–H groups in total. The molecule has 4 rings (SSSR count). The first-order valence-corrected chi connectivity index (χ1v) is 9.17. The van der Waals surface area contributed by atoms with Crippen LogP contribution in [0.5, 0.6) is 5.75 Å². The summed E-state index contributed by atoms with van der Waals surface area (Å²) in [4.78, 5) is 4.25. The second-order valence-electron chi connectivity index (χ2n) is 5.55. The number of aromatic nitrogens is 3. The van der Waals surface area contributed by atoms with E-state index in [0.29, 0.717) is 28.2 Å². The van der Waals surface area contributed by atoms with Gasteiger partial charge in [-0.3, -0.25) is 0 Å². The molecule has 0 amide bonds. The Labute approximate surface area is 162 Å². The number of hydrogen-bond acceptors (Lipinski definition) is 7. The van der Waals surface area contributed by atoms with Crippen molar-refractivity contribution in [2.75, 3.05) is 0 Å². The fourth-order valence-corrected chi connectivity index (χ4v) is 3.02. The first-order valence-electron chi connectivity index (χ1n) is 8.19. The van der Waals surface area contributed by atoms with Crippen LogP contribution in [0.15, 0.2) is 74.9 Å². The highest BCUT2D eigenvalue weighted by molar-refractivity contribution is 7.98. The topological polar surface area (TPSA) is 74.2 Å². The smallest absolute Gasteiger partial charge is 0.387 e. The maximum Gasteiger partial charge on any atom is 0.387 e. The summed E-state index contributed by atoms with van der Waals surface area (Å²) in [5.41, 5.74) is 1.55. The molecule has 0 saturated heterocycles. The molecular weight excluding hydrogens is 388 g/mol. The lowest BCUT2D eigenvalue weighted by atomic mass is 10.2. The van der Waals surface area contributed by atoms with Crippen LogP contribution in [0.4, 0.5) is 8.78 Å². The van der Waals surface area contributed by atoms with Crippen LogP contribution >= 0.6 is 11.8 Å². The van der Waals surface area contributed by atoms with E-state index in [1.54, 1.807) is 18.3 Å². The molecule has 0 radical (unpaired) electrons. The van der Waals surface area contributed by atoms with Crippen LogP contribution in [0, 0.1) is 0 Å². The van der Waals surface area contributed by atoms with Gasteiger partial charge in [0.1, 0.15) is 5.75 Å². The zero-order valence-electron chi connectivity index (χ0n) is 14.3. The summed E-state index contributed by atoms with van der Waals surface area (Å²) in [5, 5.41) is 8.28. The molecule has 4 aromatic rings. The van der Waals surface area contributed by atoms with Gasteiger partial charge in [-0.1, -0.05) is 42.1 Å². The molecule has 0 spiro atoms. The Hall–Kier alpha value is -3.20. The van der Waals surface area contributed by atoms with E-state index in [-0.39, 0.29) is 11.6 Å². The normalized spacial score (nSPS) is 11.1. The van der Waals surface area contributed by atoms with E-state index in [1.807, 2.05) is 30.3 Å². The van der Waals surface area contributed by atoms with Crippen LogP contribution in [0.1, 0.15) is 5.89 Å². The molecule has 0 bridgehead atoms. The lowest BCUT2D eigenvalue weighted by Crippen LogP contribution is -2.01. The fourth-order valence-electron chi connectivity index (χ4n) is 2.40. The van der Waals surface area contributed by atoms with Gasteiger partial charge in [-0.2, -0.15) is 8.78 Å². The Morgan fingerprint density at radius 3 is 2.46 bits per heavy atom. The molecule has 0 aliphatic heterocycles. The van der Waals surface area contributed by atoms with Gasteiger partial charge < -0.3 is 13.6 Å². The number of alkyl halides is 2. The molecule has 9 heteroatoms. The number of nitrogens with zero attached hydrogens (tertiary/aromatic N) is 3. The highest BCUT2D eigenvalue weighted by atomic mass is 32.2. The van der Waals surface area contributed by atoms with E-state index in [0.717, 1.165) is 5.56 Å². The Balaban J connectivity index is 1.38. The van der Waals surface area contributed by atoms with E-state index >= 15 is 0 Å². The average molecular weight is 401 g/mol. The molecule has 0 atom stereocenters. The van der Waals surface area contributed by atoms with Gasteiger partial charge in [0.2, 0.25) is 11.8 Å². The SMILES string of the molecule is FC(F)Oc1ccc(-c2nnc(SCc3ncc(-c4ccccc4)o3)o2)cc1. The van der Waals surface area contributed by atoms with Gasteiger partial charge in [0.15, 0.2) is 5.76 Å². The Morgan fingerprint density at radius 1 is 0.929 bits per heavy atom. The van der Waals surface area contributed by atoms with E-state index < -0.39 is 6.61 Å². The molecule has 2 aromatic carbocycles. The minimum atomic E-state index is -2.87. The van der Waals surface area contributed by atoms with Crippen molar-refractivity contribution in [2.45, 2.75) is 17.6 Å². The van der Waals surface area contributed by atoms with Gasteiger partial charge in [-0.25, -0.2) is 4.98 Å². The minimum absolute atomic E-state index is 0.0611. The largest absolute Gasteiger partial charge is 0.440 e. The first kappa shape index (κ1) is 18.2. The summed E-state index contributed by atoms with van der Waals surface area (Å²) in [6.07, 6.45) is 1.67. The molecule has 0 saturated carbocycles. The van der Waals surface area contributed by atoms with Crippen molar-refractivity contribution in [1.82, 2.24) is 15.2 Å². The van der Waals surface area contributed by atoms with Gasteiger partial charge >= 0.3 is 6.61 Å². The lowest BCUT2D eigenvalue weighted by molar-refractivity contribution is -0.0498. The van der Waals surface area contributed by atoms with Crippen molar-refractivity contribution in [3.05, 3.63) is 66.7 Å². The maximum absolute atomic E-state index is 12.2. The summed E-state index contributed by atoms with van der Waals surface area (Å²) < 4.78 is 40.0. The predicted molar refractivity (Wildman–Crippen MR) is 97.9 cm³/mol. The van der Waals surface area contributed by atoms with Crippen molar-refractivity contribution in [3.8, 4) is 28.5 Å². The van der Waals surface area contributed by atoms with Gasteiger partial charge in [0.05, 0.1) is 11.9 Å².